The minimum absolute atomic E-state index is 0.143. The maximum absolute atomic E-state index is 13.5. The number of aromatic nitrogens is 2. The van der Waals surface area contributed by atoms with Crippen LogP contribution >= 0.6 is 0 Å². The van der Waals surface area contributed by atoms with E-state index < -0.39 is 0 Å². The largest absolute Gasteiger partial charge is 0.491 e. The summed E-state index contributed by atoms with van der Waals surface area (Å²) in [7, 11) is 0. The number of hydrogen-bond acceptors (Lipinski definition) is 4. The average molecular weight is 311 g/mol. The second-order valence-electron chi connectivity index (χ2n) is 5.40. The van der Waals surface area contributed by atoms with Gasteiger partial charge in [0.2, 0.25) is 0 Å². The Morgan fingerprint density at radius 2 is 2.09 bits per heavy atom. The van der Waals surface area contributed by atoms with Gasteiger partial charge in [0.1, 0.15) is 29.6 Å². The molecule has 0 bridgehead atoms. The first-order valence-electron chi connectivity index (χ1n) is 7.35. The average Bonchev–Trinajstić information content (AvgIpc) is 2.76. The summed E-state index contributed by atoms with van der Waals surface area (Å²) in [6.07, 6.45) is 1.69. The van der Waals surface area contributed by atoms with E-state index in [4.69, 9.17) is 4.74 Å². The van der Waals surface area contributed by atoms with Crippen LogP contribution in [0.2, 0.25) is 0 Å². The zero-order valence-electron chi connectivity index (χ0n) is 12.3. The van der Waals surface area contributed by atoms with Crippen molar-refractivity contribution in [3.8, 4) is 5.75 Å². The van der Waals surface area contributed by atoms with Gasteiger partial charge in [0, 0.05) is 24.4 Å². The van der Waals surface area contributed by atoms with Crippen molar-refractivity contribution in [1.29, 1.82) is 0 Å². The number of ether oxygens (including phenoxy) is 1. The maximum atomic E-state index is 13.5. The molecule has 23 heavy (non-hydrogen) atoms. The molecule has 0 atom stereocenters. The fourth-order valence-electron chi connectivity index (χ4n) is 2.76. The van der Waals surface area contributed by atoms with Crippen LogP contribution in [0.25, 0.3) is 5.65 Å². The van der Waals surface area contributed by atoms with Gasteiger partial charge in [-0.3, -0.25) is 9.20 Å². The van der Waals surface area contributed by atoms with Gasteiger partial charge in [-0.25, -0.2) is 9.37 Å². The highest BCUT2D eigenvalue weighted by molar-refractivity contribution is 5.50. The van der Waals surface area contributed by atoms with Crippen LogP contribution in [-0.4, -0.2) is 22.5 Å². The zero-order chi connectivity index (χ0) is 15.8. The van der Waals surface area contributed by atoms with E-state index in [1.807, 2.05) is 11.0 Å². The second kappa shape index (κ2) is 5.39. The number of fused-ring (bicyclic) bond motifs is 2. The first-order valence-corrected chi connectivity index (χ1v) is 7.35. The summed E-state index contributed by atoms with van der Waals surface area (Å²) in [5.74, 6) is 0.939. The Hall–Kier alpha value is -2.89. The van der Waals surface area contributed by atoms with Gasteiger partial charge in [0.25, 0.3) is 5.56 Å². The summed E-state index contributed by atoms with van der Waals surface area (Å²) in [4.78, 5) is 18.7. The van der Waals surface area contributed by atoms with Crippen LogP contribution in [0.15, 0.2) is 53.5 Å². The number of pyridine rings is 1. The fourth-order valence-corrected chi connectivity index (χ4v) is 2.76. The summed E-state index contributed by atoms with van der Waals surface area (Å²) in [6.45, 7) is 1.47. The van der Waals surface area contributed by atoms with E-state index in [-0.39, 0.29) is 11.4 Å². The molecule has 0 N–H and O–H groups in total. The van der Waals surface area contributed by atoms with Crippen LogP contribution in [0, 0.1) is 5.82 Å². The van der Waals surface area contributed by atoms with Gasteiger partial charge in [-0.2, -0.15) is 0 Å². The van der Waals surface area contributed by atoms with Crippen LogP contribution in [0.4, 0.5) is 10.2 Å². The topological polar surface area (TPSA) is 46.8 Å². The van der Waals surface area contributed by atoms with E-state index in [1.54, 1.807) is 24.4 Å². The Bertz CT molecular complexity index is 939. The summed E-state index contributed by atoms with van der Waals surface area (Å²) in [6, 6.07) is 11.4. The Kier molecular flexibility index (Phi) is 3.22. The molecule has 3 heterocycles. The molecule has 0 saturated heterocycles. The van der Waals surface area contributed by atoms with Crippen LogP contribution in [0.5, 0.6) is 5.75 Å². The van der Waals surface area contributed by atoms with E-state index in [0.717, 1.165) is 5.56 Å². The first kappa shape index (κ1) is 13.8. The van der Waals surface area contributed by atoms with E-state index in [1.165, 1.54) is 22.6 Å². The molecule has 116 valence electrons. The van der Waals surface area contributed by atoms with Gasteiger partial charge >= 0.3 is 0 Å². The zero-order valence-corrected chi connectivity index (χ0v) is 12.3. The Morgan fingerprint density at radius 1 is 1.17 bits per heavy atom. The molecule has 2 aromatic heterocycles. The highest BCUT2D eigenvalue weighted by atomic mass is 19.1. The van der Waals surface area contributed by atoms with Gasteiger partial charge in [0.15, 0.2) is 0 Å². The molecule has 6 heteroatoms. The van der Waals surface area contributed by atoms with Crippen molar-refractivity contribution in [2.75, 3.05) is 18.1 Å². The maximum Gasteiger partial charge on any atom is 0.259 e. The third-order valence-corrected chi connectivity index (χ3v) is 3.88. The monoisotopic (exact) mass is 311 g/mol. The van der Waals surface area contributed by atoms with Crippen LogP contribution in [0.1, 0.15) is 5.56 Å². The molecule has 0 unspecified atom stereocenters. The molecular formula is C17H14FN3O2. The van der Waals surface area contributed by atoms with Crippen molar-refractivity contribution >= 4 is 11.5 Å². The minimum Gasteiger partial charge on any atom is -0.491 e. The summed E-state index contributed by atoms with van der Waals surface area (Å²) >= 11 is 0. The van der Waals surface area contributed by atoms with Crippen LogP contribution in [-0.2, 0) is 6.54 Å². The molecule has 0 radical (unpaired) electrons. The smallest absolute Gasteiger partial charge is 0.259 e. The number of rotatable bonds is 1. The minimum atomic E-state index is -0.305. The fraction of sp³-hybridized carbons (Fsp3) is 0.176. The molecule has 0 amide bonds. The van der Waals surface area contributed by atoms with Crippen molar-refractivity contribution in [3.63, 3.8) is 0 Å². The SMILES string of the molecule is O=c1cc(N2CCOc3ccc(F)cc3C2)nc2ccccn12. The van der Waals surface area contributed by atoms with Crippen molar-refractivity contribution < 1.29 is 9.13 Å². The molecule has 1 aromatic carbocycles. The number of halogens is 1. The molecule has 0 fully saturated rings. The highest BCUT2D eigenvalue weighted by Crippen LogP contribution is 2.26. The third kappa shape index (κ3) is 2.52. The molecule has 0 aliphatic carbocycles. The van der Waals surface area contributed by atoms with Gasteiger partial charge in [-0.05, 0) is 30.3 Å². The van der Waals surface area contributed by atoms with E-state index in [2.05, 4.69) is 4.98 Å². The lowest BCUT2D eigenvalue weighted by atomic mass is 10.2. The van der Waals surface area contributed by atoms with E-state index in [0.29, 0.717) is 36.9 Å². The molecule has 4 rings (SSSR count). The molecule has 3 aromatic rings. The van der Waals surface area contributed by atoms with Gasteiger partial charge in [-0.15, -0.1) is 0 Å². The predicted molar refractivity (Wildman–Crippen MR) is 84.4 cm³/mol. The normalized spacial score (nSPS) is 14.2. The number of anilines is 1. The van der Waals surface area contributed by atoms with Crippen molar-refractivity contribution in [3.05, 3.63) is 70.4 Å². The van der Waals surface area contributed by atoms with Crippen LogP contribution in [0.3, 0.4) is 0 Å². The van der Waals surface area contributed by atoms with Gasteiger partial charge < -0.3 is 9.64 Å². The lowest BCUT2D eigenvalue weighted by Gasteiger charge is -2.21. The first-order chi connectivity index (χ1) is 11.2. The van der Waals surface area contributed by atoms with Gasteiger partial charge in [0.05, 0.1) is 6.54 Å². The second-order valence-corrected chi connectivity index (χ2v) is 5.40. The Balaban J connectivity index is 1.77. The van der Waals surface area contributed by atoms with Crippen molar-refractivity contribution in [2.45, 2.75) is 6.54 Å². The lowest BCUT2D eigenvalue weighted by molar-refractivity contribution is 0.331. The van der Waals surface area contributed by atoms with E-state index >= 15 is 0 Å². The van der Waals surface area contributed by atoms with Crippen molar-refractivity contribution in [1.82, 2.24) is 9.38 Å². The van der Waals surface area contributed by atoms with Crippen molar-refractivity contribution in [2.24, 2.45) is 0 Å². The number of hydrogen-bond donors (Lipinski definition) is 0. The summed E-state index contributed by atoms with van der Waals surface area (Å²) < 4.78 is 20.6. The molecule has 1 aliphatic rings. The van der Waals surface area contributed by atoms with E-state index in [9.17, 15) is 9.18 Å². The summed E-state index contributed by atoms with van der Waals surface area (Å²) in [5, 5.41) is 0. The van der Waals surface area contributed by atoms with Crippen LogP contribution < -0.4 is 15.2 Å². The predicted octanol–water partition coefficient (Wildman–Crippen LogP) is 2.23. The molecule has 0 saturated carbocycles. The highest BCUT2D eigenvalue weighted by Gasteiger charge is 2.18. The molecule has 5 nitrogen and oxygen atoms in total. The lowest BCUT2D eigenvalue weighted by Crippen LogP contribution is -2.28. The molecule has 0 spiro atoms. The third-order valence-electron chi connectivity index (χ3n) is 3.88. The standard InChI is InChI=1S/C17H14FN3O2/c18-13-4-5-14-12(9-13)11-20(7-8-23-14)16-10-17(22)21-6-2-1-3-15(21)19-16/h1-6,9-10H,7-8,11H2. The number of nitrogens with zero attached hydrogens (tertiary/aromatic N) is 3. The molecular weight excluding hydrogens is 297 g/mol. The Morgan fingerprint density at radius 3 is 3.00 bits per heavy atom. The molecule has 1 aliphatic heterocycles. The Labute approximate surface area is 131 Å². The quantitative estimate of drug-likeness (QED) is 0.691. The van der Waals surface area contributed by atoms with Gasteiger partial charge in [-0.1, -0.05) is 6.07 Å². The summed E-state index contributed by atoms with van der Waals surface area (Å²) in [5.41, 5.74) is 1.19. The number of benzene rings is 1.